The fraction of sp³-hybridized carbons (Fsp3) is 0.727. The van der Waals surface area contributed by atoms with Gasteiger partial charge in [0.1, 0.15) is 0 Å². The van der Waals surface area contributed by atoms with E-state index in [1.54, 1.807) is 4.31 Å². The van der Waals surface area contributed by atoms with Crippen LogP contribution >= 0.6 is 0 Å². The number of piperidine rings is 2. The lowest BCUT2D eigenvalue weighted by Gasteiger charge is -2.34. The Morgan fingerprint density at radius 1 is 0.926 bits per heavy atom. The van der Waals surface area contributed by atoms with Gasteiger partial charge in [-0.2, -0.15) is 4.31 Å². The van der Waals surface area contributed by atoms with Crippen molar-refractivity contribution in [2.75, 3.05) is 32.7 Å². The number of sulfonamides is 1. The molecule has 2 aliphatic heterocycles. The average Bonchev–Trinajstić information content (AvgIpc) is 2.60. The molecule has 0 spiro atoms. The standard InChI is InChI=1S/C22H36N2O2S/c1-17-5-10-23(11-6-17)12-7-21-8-13-24(14-9-21)27(25,26)22-19(3)15-18(2)16-20(22)4/h15-17,21H,5-14H2,1-4H3. The minimum atomic E-state index is -3.38. The molecule has 2 saturated heterocycles. The highest BCUT2D eigenvalue weighted by molar-refractivity contribution is 7.89. The van der Waals surface area contributed by atoms with Crippen LogP contribution in [0.15, 0.2) is 17.0 Å². The van der Waals surface area contributed by atoms with Gasteiger partial charge in [0.05, 0.1) is 4.90 Å². The molecular formula is C22H36N2O2S. The summed E-state index contributed by atoms with van der Waals surface area (Å²) in [5.74, 6) is 1.54. The van der Waals surface area contributed by atoms with Crippen molar-refractivity contribution in [3.05, 3.63) is 28.8 Å². The summed E-state index contributed by atoms with van der Waals surface area (Å²) in [6.45, 7) is 13.2. The van der Waals surface area contributed by atoms with Crippen molar-refractivity contribution in [3.63, 3.8) is 0 Å². The average molecular weight is 393 g/mol. The lowest BCUT2D eigenvalue weighted by molar-refractivity contribution is 0.168. The molecule has 0 radical (unpaired) electrons. The smallest absolute Gasteiger partial charge is 0.243 e. The van der Waals surface area contributed by atoms with Crippen molar-refractivity contribution >= 4 is 10.0 Å². The van der Waals surface area contributed by atoms with Crippen molar-refractivity contribution < 1.29 is 8.42 Å². The van der Waals surface area contributed by atoms with Crippen molar-refractivity contribution in [2.24, 2.45) is 11.8 Å². The van der Waals surface area contributed by atoms with Crippen molar-refractivity contribution in [1.29, 1.82) is 0 Å². The summed E-state index contributed by atoms with van der Waals surface area (Å²) in [4.78, 5) is 3.12. The minimum absolute atomic E-state index is 0.522. The van der Waals surface area contributed by atoms with Gasteiger partial charge in [-0.25, -0.2) is 8.42 Å². The lowest BCUT2D eigenvalue weighted by atomic mass is 9.93. The van der Waals surface area contributed by atoms with E-state index in [9.17, 15) is 8.42 Å². The number of aryl methyl sites for hydroxylation is 3. The third-order valence-corrected chi connectivity index (χ3v) is 8.71. The molecule has 1 aromatic rings. The number of hydrogen-bond donors (Lipinski definition) is 0. The van der Waals surface area contributed by atoms with E-state index in [4.69, 9.17) is 0 Å². The molecule has 0 bridgehead atoms. The van der Waals surface area contributed by atoms with Crippen LogP contribution < -0.4 is 0 Å². The summed E-state index contributed by atoms with van der Waals surface area (Å²) in [5.41, 5.74) is 2.86. The van der Waals surface area contributed by atoms with E-state index >= 15 is 0 Å². The lowest BCUT2D eigenvalue weighted by Crippen LogP contribution is -2.40. The zero-order valence-electron chi connectivity index (χ0n) is 17.5. The van der Waals surface area contributed by atoms with Crippen LogP contribution in [0, 0.1) is 32.6 Å². The van der Waals surface area contributed by atoms with Crippen molar-refractivity contribution in [3.8, 4) is 0 Å². The molecule has 0 saturated carbocycles. The van der Waals surface area contributed by atoms with Gasteiger partial charge in [0.25, 0.3) is 0 Å². The Kier molecular flexibility index (Phi) is 6.65. The van der Waals surface area contributed by atoms with Gasteiger partial charge in [-0.1, -0.05) is 24.6 Å². The van der Waals surface area contributed by atoms with Crippen LogP contribution in [0.5, 0.6) is 0 Å². The van der Waals surface area contributed by atoms with Crippen molar-refractivity contribution in [2.45, 2.75) is 64.7 Å². The van der Waals surface area contributed by atoms with Gasteiger partial charge in [0.15, 0.2) is 0 Å². The molecule has 2 aliphatic rings. The Morgan fingerprint density at radius 2 is 1.48 bits per heavy atom. The first-order valence-corrected chi connectivity index (χ1v) is 12.0. The second-order valence-electron chi connectivity index (χ2n) is 8.89. The van der Waals surface area contributed by atoms with Gasteiger partial charge in [-0.3, -0.25) is 0 Å². The summed E-state index contributed by atoms with van der Waals surface area (Å²) in [6, 6.07) is 3.96. The van der Waals surface area contributed by atoms with Crippen LogP contribution in [-0.4, -0.2) is 50.3 Å². The van der Waals surface area contributed by atoms with Gasteiger partial charge in [0, 0.05) is 13.1 Å². The van der Waals surface area contributed by atoms with Crippen LogP contribution in [0.3, 0.4) is 0 Å². The topological polar surface area (TPSA) is 40.6 Å². The van der Waals surface area contributed by atoms with Gasteiger partial charge in [-0.15, -0.1) is 0 Å². The summed E-state index contributed by atoms with van der Waals surface area (Å²) < 4.78 is 28.1. The Hall–Kier alpha value is -0.910. The molecule has 0 N–H and O–H groups in total. The summed E-state index contributed by atoms with van der Waals surface area (Å²) in [7, 11) is -3.38. The van der Waals surface area contributed by atoms with Gasteiger partial charge in [0.2, 0.25) is 10.0 Å². The van der Waals surface area contributed by atoms with E-state index in [1.165, 1.54) is 38.9 Å². The molecule has 2 fully saturated rings. The molecule has 0 aromatic heterocycles. The molecule has 1 aromatic carbocycles. The maximum Gasteiger partial charge on any atom is 0.243 e. The third-order valence-electron chi connectivity index (χ3n) is 6.51. The normalized spacial score (nSPS) is 21.6. The zero-order chi connectivity index (χ0) is 19.6. The second kappa shape index (κ2) is 8.62. The van der Waals surface area contributed by atoms with Crippen LogP contribution in [0.2, 0.25) is 0 Å². The quantitative estimate of drug-likeness (QED) is 0.756. The first-order chi connectivity index (χ1) is 12.8. The highest BCUT2D eigenvalue weighted by Gasteiger charge is 2.31. The van der Waals surface area contributed by atoms with Crippen LogP contribution in [0.25, 0.3) is 0 Å². The first kappa shape index (κ1) is 20.8. The summed E-state index contributed by atoms with van der Waals surface area (Å²) in [5, 5.41) is 0. The fourth-order valence-corrected chi connectivity index (χ4v) is 6.67. The molecule has 5 heteroatoms. The summed E-state index contributed by atoms with van der Waals surface area (Å²) in [6.07, 6.45) is 5.85. The van der Waals surface area contributed by atoms with Crippen LogP contribution in [-0.2, 0) is 10.0 Å². The molecule has 0 atom stereocenters. The maximum atomic E-state index is 13.2. The monoisotopic (exact) mass is 392 g/mol. The highest BCUT2D eigenvalue weighted by Crippen LogP contribution is 2.30. The SMILES string of the molecule is Cc1cc(C)c(S(=O)(=O)N2CCC(CCN3CCC(C)CC3)CC2)c(C)c1. The van der Waals surface area contributed by atoms with E-state index in [-0.39, 0.29) is 0 Å². The van der Waals surface area contributed by atoms with Gasteiger partial charge in [-0.05, 0) is 95.5 Å². The zero-order valence-corrected chi connectivity index (χ0v) is 18.3. The predicted molar refractivity (Wildman–Crippen MR) is 112 cm³/mol. The molecule has 4 nitrogen and oxygen atoms in total. The molecule has 3 rings (SSSR count). The van der Waals surface area contributed by atoms with E-state index in [0.717, 1.165) is 35.4 Å². The van der Waals surface area contributed by atoms with E-state index in [0.29, 0.717) is 23.9 Å². The molecule has 0 aliphatic carbocycles. The molecule has 152 valence electrons. The predicted octanol–water partition coefficient (Wildman–Crippen LogP) is 4.13. The molecule has 0 unspecified atom stereocenters. The Labute approximate surface area is 166 Å². The van der Waals surface area contributed by atoms with Crippen LogP contribution in [0.1, 0.15) is 55.7 Å². The summed E-state index contributed by atoms with van der Waals surface area (Å²) >= 11 is 0. The number of rotatable bonds is 5. The Morgan fingerprint density at radius 3 is 2.04 bits per heavy atom. The number of nitrogens with zero attached hydrogens (tertiary/aromatic N) is 2. The van der Waals surface area contributed by atoms with E-state index in [2.05, 4.69) is 11.8 Å². The van der Waals surface area contributed by atoms with Gasteiger partial charge >= 0.3 is 0 Å². The fourth-order valence-electron chi connectivity index (χ4n) is 4.79. The first-order valence-electron chi connectivity index (χ1n) is 10.6. The molecule has 27 heavy (non-hydrogen) atoms. The van der Waals surface area contributed by atoms with Gasteiger partial charge < -0.3 is 4.90 Å². The molecule has 2 heterocycles. The Bertz CT molecular complexity index is 721. The number of likely N-dealkylation sites (tertiary alicyclic amines) is 1. The Balaban J connectivity index is 1.55. The van der Waals surface area contributed by atoms with Crippen LogP contribution in [0.4, 0.5) is 0 Å². The van der Waals surface area contributed by atoms with Crippen molar-refractivity contribution in [1.82, 2.24) is 9.21 Å². The largest absolute Gasteiger partial charge is 0.303 e. The third kappa shape index (κ3) is 4.93. The van der Waals surface area contributed by atoms with E-state index in [1.807, 2.05) is 32.9 Å². The highest BCUT2D eigenvalue weighted by atomic mass is 32.2. The second-order valence-corrected chi connectivity index (χ2v) is 10.8. The maximum absolute atomic E-state index is 13.2. The molecular weight excluding hydrogens is 356 g/mol. The molecule has 0 amide bonds. The number of hydrogen-bond acceptors (Lipinski definition) is 3. The minimum Gasteiger partial charge on any atom is -0.303 e. The number of benzene rings is 1. The van der Waals surface area contributed by atoms with E-state index < -0.39 is 10.0 Å².